The summed E-state index contributed by atoms with van der Waals surface area (Å²) in [7, 11) is 0. The van der Waals surface area contributed by atoms with Gasteiger partial charge in [-0.25, -0.2) is 9.37 Å². The molecule has 33 heavy (non-hydrogen) atoms. The summed E-state index contributed by atoms with van der Waals surface area (Å²) in [4.78, 5) is 36.0. The van der Waals surface area contributed by atoms with Crippen molar-refractivity contribution >= 4 is 11.8 Å². The number of hydrogen-bond acceptors (Lipinski definition) is 5. The predicted molar refractivity (Wildman–Crippen MR) is 121 cm³/mol. The van der Waals surface area contributed by atoms with Gasteiger partial charge in [-0.15, -0.1) is 0 Å². The lowest BCUT2D eigenvalue weighted by molar-refractivity contribution is -0.157. The molecule has 1 saturated heterocycles. The van der Waals surface area contributed by atoms with E-state index in [-0.39, 0.29) is 42.9 Å². The zero-order valence-corrected chi connectivity index (χ0v) is 18.3. The van der Waals surface area contributed by atoms with E-state index < -0.39 is 5.60 Å². The topological polar surface area (TPSA) is 84.4 Å². The van der Waals surface area contributed by atoms with Crippen LogP contribution in [0.1, 0.15) is 23.0 Å². The van der Waals surface area contributed by atoms with Gasteiger partial charge in [0, 0.05) is 31.9 Å². The molecule has 0 unspecified atom stereocenters. The summed E-state index contributed by atoms with van der Waals surface area (Å²) in [5.74, 6) is -0.897. The first-order valence-corrected chi connectivity index (χ1v) is 10.8. The molecule has 0 saturated carbocycles. The van der Waals surface area contributed by atoms with Gasteiger partial charge in [0.2, 0.25) is 0 Å². The zero-order valence-electron chi connectivity index (χ0n) is 18.3. The number of morpholine rings is 1. The monoisotopic (exact) mass is 448 g/mol. The molecule has 0 bridgehead atoms. The van der Waals surface area contributed by atoms with Gasteiger partial charge >= 0.3 is 0 Å². The molecular weight excluding hydrogens is 423 g/mol. The van der Waals surface area contributed by atoms with Gasteiger partial charge in [0.15, 0.2) is 5.60 Å². The molecule has 1 aliphatic heterocycles. The van der Waals surface area contributed by atoms with E-state index in [2.05, 4.69) is 15.3 Å². The summed E-state index contributed by atoms with van der Waals surface area (Å²) in [6.07, 6.45) is 4.62. The standard InChI is InChI=1S/C25H25FN4O3/c1-2-28-24(32)25(17-30(13-14-33-25)23(31)22-16-27-11-12-29-22)15-19-5-3-4-6-21(19)18-7-9-20(26)10-8-18/h3-12,16H,2,13-15,17H2,1H3,(H,28,32)/t25-/m1/s1. The Hall–Kier alpha value is -3.65. The van der Waals surface area contributed by atoms with Gasteiger partial charge in [0.1, 0.15) is 11.5 Å². The number of carbonyl (C=O) groups excluding carboxylic acids is 2. The molecule has 1 fully saturated rings. The second-order valence-electron chi connectivity index (χ2n) is 7.86. The minimum Gasteiger partial charge on any atom is -0.361 e. The highest BCUT2D eigenvalue weighted by Crippen LogP contribution is 2.31. The molecule has 1 aromatic heterocycles. The van der Waals surface area contributed by atoms with Gasteiger partial charge in [0.25, 0.3) is 11.8 Å². The Balaban J connectivity index is 1.68. The van der Waals surface area contributed by atoms with Crippen LogP contribution in [0.25, 0.3) is 11.1 Å². The fourth-order valence-electron chi connectivity index (χ4n) is 4.07. The molecule has 0 spiro atoms. The quantitative estimate of drug-likeness (QED) is 0.627. The molecule has 1 atom stereocenters. The fraction of sp³-hybridized carbons (Fsp3) is 0.280. The maximum atomic E-state index is 13.5. The number of rotatable bonds is 6. The van der Waals surface area contributed by atoms with E-state index >= 15 is 0 Å². The number of amides is 2. The Morgan fingerprint density at radius 1 is 1.15 bits per heavy atom. The van der Waals surface area contributed by atoms with Crippen molar-refractivity contribution in [3.8, 4) is 11.1 Å². The number of halogens is 1. The van der Waals surface area contributed by atoms with E-state index in [1.807, 2.05) is 31.2 Å². The highest BCUT2D eigenvalue weighted by molar-refractivity contribution is 5.93. The Morgan fingerprint density at radius 2 is 1.94 bits per heavy atom. The summed E-state index contributed by atoms with van der Waals surface area (Å²) in [6.45, 7) is 2.90. The number of nitrogens with zero attached hydrogens (tertiary/aromatic N) is 3. The summed E-state index contributed by atoms with van der Waals surface area (Å²) < 4.78 is 19.6. The molecule has 1 N–H and O–H groups in total. The molecular formula is C25H25FN4O3. The van der Waals surface area contributed by atoms with Gasteiger partial charge in [-0.3, -0.25) is 14.6 Å². The van der Waals surface area contributed by atoms with Crippen molar-refractivity contribution in [2.75, 3.05) is 26.2 Å². The molecule has 0 aliphatic carbocycles. The lowest BCUT2D eigenvalue weighted by Crippen LogP contribution is -2.62. The molecule has 2 amide bonds. The lowest BCUT2D eigenvalue weighted by Gasteiger charge is -2.41. The summed E-state index contributed by atoms with van der Waals surface area (Å²) in [5.41, 5.74) is 1.52. The fourth-order valence-corrected chi connectivity index (χ4v) is 4.07. The second-order valence-corrected chi connectivity index (χ2v) is 7.86. The van der Waals surface area contributed by atoms with Crippen molar-refractivity contribution in [2.24, 2.45) is 0 Å². The Kier molecular flexibility index (Phi) is 6.74. The van der Waals surface area contributed by atoms with Crippen LogP contribution in [0.5, 0.6) is 0 Å². The highest BCUT2D eigenvalue weighted by Gasteiger charge is 2.45. The third kappa shape index (κ3) is 4.90. The highest BCUT2D eigenvalue weighted by atomic mass is 19.1. The first kappa shape index (κ1) is 22.5. The number of aromatic nitrogens is 2. The van der Waals surface area contributed by atoms with Crippen molar-refractivity contribution in [1.82, 2.24) is 20.2 Å². The van der Waals surface area contributed by atoms with Gasteiger partial charge in [-0.2, -0.15) is 0 Å². The maximum absolute atomic E-state index is 13.5. The number of nitrogens with one attached hydrogen (secondary N) is 1. The van der Waals surface area contributed by atoms with Crippen LogP contribution in [0.2, 0.25) is 0 Å². The SMILES string of the molecule is CCNC(=O)[C@@]1(Cc2ccccc2-c2ccc(F)cc2)CN(C(=O)c2cnccn2)CCO1. The molecule has 2 aromatic carbocycles. The van der Waals surface area contributed by atoms with E-state index in [1.165, 1.54) is 30.7 Å². The third-order valence-corrected chi connectivity index (χ3v) is 5.66. The van der Waals surface area contributed by atoms with Gasteiger partial charge < -0.3 is 15.0 Å². The van der Waals surface area contributed by atoms with Crippen molar-refractivity contribution in [1.29, 1.82) is 0 Å². The Labute approximate surface area is 191 Å². The van der Waals surface area contributed by atoms with Crippen molar-refractivity contribution < 1.29 is 18.7 Å². The second kappa shape index (κ2) is 9.87. The molecule has 8 heteroatoms. The van der Waals surface area contributed by atoms with Crippen LogP contribution in [-0.4, -0.2) is 58.5 Å². The molecule has 7 nitrogen and oxygen atoms in total. The zero-order chi connectivity index (χ0) is 23.3. The number of benzene rings is 2. The van der Waals surface area contributed by atoms with Crippen molar-refractivity contribution in [2.45, 2.75) is 18.9 Å². The Morgan fingerprint density at radius 3 is 2.67 bits per heavy atom. The minimum absolute atomic E-state index is 0.0754. The largest absolute Gasteiger partial charge is 0.361 e. The third-order valence-electron chi connectivity index (χ3n) is 5.66. The lowest BCUT2D eigenvalue weighted by atomic mass is 9.87. The van der Waals surface area contributed by atoms with Crippen LogP contribution in [0.15, 0.2) is 67.1 Å². The van der Waals surface area contributed by atoms with Crippen molar-refractivity contribution in [3.63, 3.8) is 0 Å². The first-order valence-electron chi connectivity index (χ1n) is 10.8. The molecule has 4 rings (SSSR count). The van der Waals surface area contributed by atoms with Crippen LogP contribution in [-0.2, 0) is 16.0 Å². The smallest absolute Gasteiger partial charge is 0.274 e. The summed E-state index contributed by atoms with van der Waals surface area (Å²) in [5, 5.41) is 2.86. The van der Waals surface area contributed by atoms with Gasteiger partial charge in [-0.05, 0) is 35.7 Å². The first-order chi connectivity index (χ1) is 16.0. The van der Waals surface area contributed by atoms with E-state index in [9.17, 15) is 14.0 Å². The number of hydrogen-bond donors (Lipinski definition) is 1. The molecule has 1 aliphatic rings. The molecule has 2 heterocycles. The van der Waals surface area contributed by atoms with Gasteiger partial charge in [-0.1, -0.05) is 36.4 Å². The van der Waals surface area contributed by atoms with E-state index in [0.717, 1.165) is 16.7 Å². The summed E-state index contributed by atoms with van der Waals surface area (Å²) >= 11 is 0. The molecule has 0 radical (unpaired) electrons. The number of carbonyl (C=O) groups is 2. The number of likely N-dealkylation sites (N-methyl/N-ethyl adjacent to an activating group) is 1. The van der Waals surface area contributed by atoms with E-state index in [4.69, 9.17) is 4.74 Å². The average Bonchev–Trinajstić information content (AvgIpc) is 2.85. The van der Waals surface area contributed by atoms with Crippen LogP contribution in [0.4, 0.5) is 4.39 Å². The summed E-state index contributed by atoms with van der Waals surface area (Å²) in [6, 6.07) is 13.9. The molecule has 170 valence electrons. The maximum Gasteiger partial charge on any atom is 0.274 e. The van der Waals surface area contributed by atoms with Crippen LogP contribution in [0.3, 0.4) is 0 Å². The average molecular weight is 448 g/mol. The van der Waals surface area contributed by atoms with Crippen LogP contribution < -0.4 is 5.32 Å². The van der Waals surface area contributed by atoms with Crippen LogP contribution in [0, 0.1) is 5.82 Å². The minimum atomic E-state index is -1.28. The number of ether oxygens (including phenoxy) is 1. The van der Waals surface area contributed by atoms with Crippen molar-refractivity contribution in [3.05, 3.63) is 84.2 Å². The van der Waals surface area contributed by atoms with Crippen LogP contribution >= 0.6 is 0 Å². The normalized spacial score (nSPS) is 18.1. The predicted octanol–water partition coefficient (Wildman–Crippen LogP) is 2.87. The van der Waals surface area contributed by atoms with E-state index in [0.29, 0.717) is 13.1 Å². The van der Waals surface area contributed by atoms with Gasteiger partial charge in [0.05, 0.1) is 19.3 Å². The Bertz CT molecular complexity index is 1120. The molecule has 3 aromatic rings. The van der Waals surface area contributed by atoms with E-state index in [1.54, 1.807) is 17.0 Å².